The van der Waals surface area contributed by atoms with Crippen molar-refractivity contribution in [1.82, 2.24) is 20.0 Å². The van der Waals surface area contributed by atoms with Gasteiger partial charge in [-0.05, 0) is 31.0 Å². The Balaban J connectivity index is 1.09. The summed E-state index contributed by atoms with van der Waals surface area (Å²) in [6, 6.07) is 18.0. The van der Waals surface area contributed by atoms with Gasteiger partial charge in [0.05, 0.1) is 0 Å². The lowest BCUT2D eigenvalue weighted by Gasteiger charge is -2.34. The smallest absolute Gasteiger partial charge is 0.259 e. The van der Waals surface area contributed by atoms with E-state index in [4.69, 9.17) is 0 Å². The number of rotatable bonds is 9. The molecule has 2 aromatic carbocycles. The highest BCUT2D eigenvalue weighted by atomic mass is 16.2. The Morgan fingerprint density at radius 1 is 0.875 bits per heavy atom. The van der Waals surface area contributed by atoms with E-state index >= 15 is 0 Å². The Morgan fingerprint density at radius 2 is 1.53 bits per heavy atom. The van der Waals surface area contributed by atoms with Crippen LogP contribution in [0, 0.1) is 0 Å². The van der Waals surface area contributed by atoms with Crippen molar-refractivity contribution in [3.8, 4) is 0 Å². The molecule has 1 fully saturated rings. The van der Waals surface area contributed by atoms with Crippen LogP contribution in [0.4, 0.5) is 0 Å². The second kappa shape index (κ2) is 10.6. The number of amides is 2. The monoisotopic (exact) mass is 432 g/mol. The van der Waals surface area contributed by atoms with Crippen molar-refractivity contribution in [3.05, 3.63) is 77.9 Å². The maximum Gasteiger partial charge on any atom is 0.259 e. The zero-order valence-corrected chi connectivity index (χ0v) is 18.6. The fraction of sp³-hybridized carbons (Fsp3) is 0.385. The van der Waals surface area contributed by atoms with Crippen LogP contribution in [-0.2, 0) is 11.3 Å². The first-order valence-corrected chi connectivity index (χ1v) is 11.5. The summed E-state index contributed by atoms with van der Waals surface area (Å²) in [5.41, 5.74) is 3.41. The molecule has 0 unspecified atom stereocenters. The fourth-order valence-electron chi connectivity index (χ4n) is 4.40. The molecule has 0 radical (unpaired) electrons. The van der Waals surface area contributed by atoms with Crippen LogP contribution in [-0.4, -0.2) is 72.3 Å². The maximum atomic E-state index is 12.5. The molecule has 2 heterocycles. The fourth-order valence-corrected chi connectivity index (χ4v) is 4.40. The molecule has 0 spiro atoms. The van der Waals surface area contributed by atoms with E-state index in [0.29, 0.717) is 17.8 Å². The molecule has 1 N–H and O–H groups in total. The number of piperazine rings is 1. The molecule has 0 atom stereocenters. The van der Waals surface area contributed by atoms with Crippen molar-refractivity contribution >= 4 is 17.5 Å². The summed E-state index contributed by atoms with van der Waals surface area (Å²) in [6.45, 7) is 11.1. The van der Waals surface area contributed by atoms with Gasteiger partial charge in [-0.15, -0.1) is 0 Å². The number of hydrogen-bond donors (Lipinski definition) is 1. The van der Waals surface area contributed by atoms with Crippen LogP contribution in [0.1, 0.15) is 34.3 Å². The number of hydrogen-bond acceptors (Lipinski definition) is 4. The zero-order chi connectivity index (χ0) is 22.3. The van der Waals surface area contributed by atoms with Gasteiger partial charge in [-0.1, -0.05) is 55.1 Å². The topological polar surface area (TPSA) is 55.9 Å². The number of fused-ring (bicyclic) bond motifs is 1. The van der Waals surface area contributed by atoms with Crippen LogP contribution < -0.4 is 5.32 Å². The first-order valence-electron chi connectivity index (χ1n) is 11.5. The number of nitrogens with one attached hydrogen (secondary N) is 1. The average molecular weight is 433 g/mol. The van der Waals surface area contributed by atoms with Crippen molar-refractivity contribution in [2.24, 2.45) is 0 Å². The zero-order valence-electron chi connectivity index (χ0n) is 18.6. The number of unbranched alkanes of at least 4 members (excludes halogenated alkanes) is 1. The van der Waals surface area contributed by atoms with E-state index in [1.54, 1.807) is 6.07 Å². The molecule has 1 saturated heterocycles. The summed E-state index contributed by atoms with van der Waals surface area (Å²) >= 11 is 0. The van der Waals surface area contributed by atoms with Crippen LogP contribution >= 0.6 is 0 Å². The molecule has 0 bridgehead atoms. The molecule has 0 saturated carbocycles. The Labute approximate surface area is 190 Å². The van der Waals surface area contributed by atoms with Crippen LogP contribution in [0.3, 0.4) is 0 Å². The molecule has 32 heavy (non-hydrogen) atoms. The molecule has 0 aliphatic carbocycles. The second-order valence-electron chi connectivity index (χ2n) is 8.54. The van der Waals surface area contributed by atoms with Crippen molar-refractivity contribution < 1.29 is 9.59 Å². The first-order chi connectivity index (χ1) is 15.6. The van der Waals surface area contributed by atoms with Gasteiger partial charge in [-0.3, -0.25) is 19.4 Å². The van der Waals surface area contributed by atoms with Gasteiger partial charge in [-0.2, -0.15) is 0 Å². The van der Waals surface area contributed by atoms with Gasteiger partial charge in [0.25, 0.3) is 5.91 Å². The van der Waals surface area contributed by atoms with Gasteiger partial charge in [0.2, 0.25) is 5.91 Å². The van der Waals surface area contributed by atoms with Crippen LogP contribution in [0.15, 0.2) is 61.2 Å². The van der Waals surface area contributed by atoms with Crippen LogP contribution in [0.25, 0.3) is 5.70 Å². The van der Waals surface area contributed by atoms with E-state index in [0.717, 1.165) is 57.7 Å². The summed E-state index contributed by atoms with van der Waals surface area (Å²) in [5.74, 6) is -0.283. The number of benzene rings is 2. The van der Waals surface area contributed by atoms with E-state index in [9.17, 15) is 9.59 Å². The molecular formula is C26H32N4O2. The Bertz CT molecular complexity index is 916. The summed E-state index contributed by atoms with van der Waals surface area (Å²) in [7, 11) is 0. The number of carbonyl (C=O) groups is 2. The standard InChI is InChI=1S/C26H32N4O2/c1-21-23-11-5-6-12-24(23)26(32)30(21)20-25(31)27-13-7-8-14-28-15-17-29(18-16-28)19-22-9-3-2-4-10-22/h2-6,9-12H,1,7-8,13-20H2,(H,27,31). The Kier molecular flexibility index (Phi) is 7.35. The number of nitrogens with zero attached hydrogens (tertiary/aromatic N) is 3. The van der Waals surface area contributed by atoms with Crippen LogP contribution in [0.5, 0.6) is 0 Å². The highest BCUT2D eigenvalue weighted by Crippen LogP contribution is 2.30. The largest absolute Gasteiger partial charge is 0.355 e. The molecule has 2 aromatic rings. The summed E-state index contributed by atoms with van der Waals surface area (Å²) in [5, 5.41) is 2.95. The number of carbonyl (C=O) groups excluding carboxylic acids is 2. The van der Waals surface area contributed by atoms with Gasteiger partial charge >= 0.3 is 0 Å². The SMILES string of the molecule is C=C1c2ccccc2C(=O)N1CC(=O)NCCCCN1CCN(Cc2ccccc2)CC1. The van der Waals surface area contributed by atoms with Crippen molar-refractivity contribution in [3.63, 3.8) is 0 Å². The third-order valence-electron chi connectivity index (χ3n) is 6.28. The molecule has 0 aromatic heterocycles. The minimum atomic E-state index is -0.146. The lowest BCUT2D eigenvalue weighted by atomic mass is 10.1. The molecule has 4 rings (SSSR count). The maximum absolute atomic E-state index is 12.5. The van der Waals surface area contributed by atoms with Gasteiger partial charge in [0.15, 0.2) is 0 Å². The Hall–Kier alpha value is -2.96. The van der Waals surface area contributed by atoms with Crippen LogP contribution in [0.2, 0.25) is 0 Å². The Morgan fingerprint density at radius 3 is 2.25 bits per heavy atom. The summed E-state index contributed by atoms with van der Waals surface area (Å²) < 4.78 is 0. The van der Waals surface area contributed by atoms with Crippen molar-refractivity contribution in [1.29, 1.82) is 0 Å². The highest BCUT2D eigenvalue weighted by Gasteiger charge is 2.31. The summed E-state index contributed by atoms with van der Waals surface area (Å²) in [6.07, 6.45) is 1.99. The average Bonchev–Trinajstić information content (AvgIpc) is 3.06. The van der Waals surface area contributed by atoms with E-state index in [2.05, 4.69) is 52.0 Å². The lowest BCUT2D eigenvalue weighted by molar-refractivity contribution is -0.121. The van der Waals surface area contributed by atoms with E-state index in [-0.39, 0.29) is 18.4 Å². The quantitative estimate of drug-likeness (QED) is 0.619. The van der Waals surface area contributed by atoms with Gasteiger partial charge in [0.1, 0.15) is 6.54 Å². The van der Waals surface area contributed by atoms with E-state index in [1.165, 1.54) is 10.5 Å². The molecule has 168 valence electrons. The molecular weight excluding hydrogens is 400 g/mol. The van der Waals surface area contributed by atoms with E-state index in [1.807, 2.05) is 18.2 Å². The first kappa shape index (κ1) is 22.2. The normalized spacial score (nSPS) is 16.9. The second-order valence-corrected chi connectivity index (χ2v) is 8.54. The predicted octanol–water partition coefficient (Wildman–Crippen LogP) is 2.83. The van der Waals surface area contributed by atoms with Gasteiger partial charge in [0, 0.05) is 56.1 Å². The van der Waals surface area contributed by atoms with Crippen molar-refractivity contribution in [2.45, 2.75) is 19.4 Å². The minimum Gasteiger partial charge on any atom is -0.355 e. The third-order valence-corrected chi connectivity index (χ3v) is 6.28. The molecule has 2 aliphatic rings. The van der Waals surface area contributed by atoms with Gasteiger partial charge in [-0.25, -0.2) is 0 Å². The summed E-state index contributed by atoms with van der Waals surface area (Å²) in [4.78, 5) is 31.3. The molecule has 6 nitrogen and oxygen atoms in total. The van der Waals surface area contributed by atoms with Crippen molar-refractivity contribution in [2.75, 3.05) is 45.8 Å². The lowest BCUT2D eigenvalue weighted by Crippen LogP contribution is -2.46. The highest BCUT2D eigenvalue weighted by molar-refractivity contribution is 6.10. The molecule has 6 heteroatoms. The molecule has 2 amide bonds. The predicted molar refractivity (Wildman–Crippen MR) is 127 cm³/mol. The van der Waals surface area contributed by atoms with Gasteiger partial charge < -0.3 is 10.2 Å². The minimum absolute atomic E-state index is 0.0235. The third kappa shape index (κ3) is 5.44. The van der Waals surface area contributed by atoms with E-state index < -0.39 is 0 Å². The molecule has 2 aliphatic heterocycles.